The summed E-state index contributed by atoms with van der Waals surface area (Å²) in [5.41, 5.74) is 1.64. The van der Waals surface area contributed by atoms with Gasteiger partial charge in [0.05, 0.1) is 5.92 Å². The Bertz CT molecular complexity index is 1270. The molecule has 3 fully saturated rings. The molecule has 3 aliphatic heterocycles. The van der Waals surface area contributed by atoms with Gasteiger partial charge >= 0.3 is 5.97 Å². The van der Waals surface area contributed by atoms with Crippen LogP contribution in [0.4, 0.5) is 8.78 Å². The van der Waals surface area contributed by atoms with Crippen molar-refractivity contribution in [1.29, 1.82) is 0 Å². The molecule has 1 amide bonds. The lowest BCUT2D eigenvalue weighted by atomic mass is 9.87. The number of amides is 1. The lowest BCUT2D eigenvalue weighted by Gasteiger charge is -2.43. The van der Waals surface area contributed by atoms with Gasteiger partial charge in [0.15, 0.2) is 0 Å². The van der Waals surface area contributed by atoms with E-state index in [0.29, 0.717) is 62.1 Å². The van der Waals surface area contributed by atoms with Crippen LogP contribution in [0.25, 0.3) is 0 Å². The molecule has 0 saturated carbocycles. The molecule has 0 unspecified atom stereocenters. The van der Waals surface area contributed by atoms with Gasteiger partial charge in [-0.05, 0) is 61.6 Å². The first-order chi connectivity index (χ1) is 19.6. The molecule has 41 heavy (non-hydrogen) atoms. The van der Waals surface area contributed by atoms with E-state index in [0.717, 1.165) is 18.4 Å². The Hall–Kier alpha value is -2.59. The number of aryl methyl sites for hydroxylation is 1. The zero-order valence-electron chi connectivity index (χ0n) is 23.6. The maximum absolute atomic E-state index is 15.1. The molecule has 7 nitrogen and oxygen atoms in total. The lowest BCUT2D eigenvalue weighted by molar-refractivity contribution is -0.147. The van der Waals surface area contributed by atoms with E-state index in [4.69, 9.17) is 16.3 Å². The number of likely N-dealkylation sites (tertiary alicyclic amines) is 1. The smallest absolute Gasteiger partial charge is 0.321 e. The summed E-state index contributed by atoms with van der Waals surface area (Å²) in [4.78, 5) is 32.3. The molecular formula is C31H38ClF2N3O4. The number of benzene rings is 2. The summed E-state index contributed by atoms with van der Waals surface area (Å²) in [6.45, 7) is 7.24. The van der Waals surface area contributed by atoms with Gasteiger partial charge in [-0.25, -0.2) is 8.78 Å². The van der Waals surface area contributed by atoms with Crippen LogP contribution in [-0.4, -0.2) is 95.7 Å². The van der Waals surface area contributed by atoms with Crippen LogP contribution in [0.15, 0.2) is 36.4 Å². The number of nitrogens with zero attached hydrogens (tertiary/aromatic N) is 3. The average molecular weight is 590 g/mol. The fraction of sp³-hybridized carbons (Fsp3) is 0.548. The van der Waals surface area contributed by atoms with Crippen LogP contribution in [0.1, 0.15) is 42.4 Å². The molecule has 10 heteroatoms. The number of carboxylic acids is 1. The second-order valence-electron chi connectivity index (χ2n) is 11.7. The fourth-order valence-corrected chi connectivity index (χ4v) is 6.92. The summed E-state index contributed by atoms with van der Waals surface area (Å²) in [5, 5.41) is 10.3. The predicted octanol–water partition coefficient (Wildman–Crippen LogP) is 4.35. The SMILES string of the molecule is Cc1ccc(C[C@@H](C(=O)O)N2CCN(C(=O)[C@@H]3CN(C4CCOCC4)C[C@H]3c3ccc(Cl)cc3F)[C@@H](C)C2)c(F)c1. The van der Waals surface area contributed by atoms with Gasteiger partial charge in [0, 0.05) is 75.4 Å². The third kappa shape index (κ3) is 6.58. The second kappa shape index (κ2) is 12.7. The number of halogens is 3. The molecule has 0 aromatic heterocycles. The lowest BCUT2D eigenvalue weighted by Crippen LogP contribution is -2.59. The van der Waals surface area contributed by atoms with E-state index in [1.54, 1.807) is 31.2 Å². The third-order valence-electron chi connectivity index (χ3n) is 9.02. The van der Waals surface area contributed by atoms with Crippen molar-refractivity contribution in [2.45, 2.75) is 57.2 Å². The Balaban J connectivity index is 1.32. The Labute approximate surface area is 245 Å². The van der Waals surface area contributed by atoms with E-state index in [2.05, 4.69) is 4.90 Å². The highest BCUT2D eigenvalue weighted by Gasteiger charge is 2.45. The number of hydrogen-bond donors (Lipinski definition) is 1. The highest BCUT2D eigenvalue weighted by Crippen LogP contribution is 2.39. The number of carbonyl (C=O) groups excluding carboxylic acids is 1. The number of rotatable bonds is 7. The van der Waals surface area contributed by atoms with E-state index in [-0.39, 0.29) is 30.3 Å². The minimum Gasteiger partial charge on any atom is -0.480 e. The van der Waals surface area contributed by atoms with Crippen molar-refractivity contribution in [2.24, 2.45) is 5.92 Å². The number of piperazine rings is 1. The Morgan fingerprint density at radius 3 is 2.46 bits per heavy atom. The van der Waals surface area contributed by atoms with Gasteiger partial charge in [-0.2, -0.15) is 0 Å². The van der Waals surface area contributed by atoms with Crippen LogP contribution in [0.3, 0.4) is 0 Å². The molecule has 4 atom stereocenters. The van der Waals surface area contributed by atoms with Crippen LogP contribution in [-0.2, 0) is 20.7 Å². The first-order valence-corrected chi connectivity index (χ1v) is 14.8. The van der Waals surface area contributed by atoms with Crippen molar-refractivity contribution in [3.63, 3.8) is 0 Å². The molecule has 1 N–H and O–H groups in total. The minimum absolute atomic E-state index is 0.0393. The zero-order chi connectivity index (χ0) is 29.3. The van der Waals surface area contributed by atoms with Crippen molar-refractivity contribution in [2.75, 3.05) is 45.9 Å². The molecule has 3 saturated heterocycles. The van der Waals surface area contributed by atoms with Crippen LogP contribution < -0.4 is 0 Å². The van der Waals surface area contributed by atoms with Gasteiger partial charge in [0.1, 0.15) is 17.7 Å². The Morgan fingerprint density at radius 1 is 1.05 bits per heavy atom. The predicted molar refractivity (Wildman–Crippen MR) is 152 cm³/mol. The number of ether oxygens (including phenoxy) is 1. The topological polar surface area (TPSA) is 73.3 Å². The number of carbonyl (C=O) groups is 2. The summed E-state index contributed by atoms with van der Waals surface area (Å²) in [6, 6.07) is 8.63. The van der Waals surface area contributed by atoms with Crippen LogP contribution in [0.2, 0.25) is 5.02 Å². The van der Waals surface area contributed by atoms with E-state index in [1.807, 2.05) is 16.7 Å². The van der Waals surface area contributed by atoms with E-state index in [9.17, 15) is 19.1 Å². The summed E-state index contributed by atoms with van der Waals surface area (Å²) in [6.07, 6.45) is 1.80. The van der Waals surface area contributed by atoms with Crippen LogP contribution in [0.5, 0.6) is 0 Å². The number of hydrogen-bond acceptors (Lipinski definition) is 5. The quantitative estimate of drug-likeness (QED) is 0.518. The second-order valence-corrected chi connectivity index (χ2v) is 12.1. The molecule has 3 heterocycles. The Morgan fingerprint density at radius 2 is 1.80 bits per heavy atom. The van der Waals surface area contributed by atoms with Gasteiger partial charge in [-0.3, -0.25) is 19.4 Å². The molecule has 0 spiro atoms. The van der Waals surface area contributed by atoms with Crippen LogP contribution in [0, 0.1) is 24.5 Å². The standard InChI is InChI=1S/C31H38ClF2N3O4/c1-19-3-4-21(27(33)13-19)14-29(31(39)40)35-9-10-37(20(2)16-35)30(38)26-18-36(23-7-11-41-12-8-23)17-25(26)24-6-5-22(32)15-28(24)34/h3-6,13,15,20,23,25-26,29H,7-12,14,16-18H2,1-2H3,(H,39,40)/t20-,25-,26+,29-/m0/s1. The molecule has 3 aliphatic rings. The summed E-state index contributed by atoms with van der Waals surface area (Å²) in [7, 11) is 0. The van der Waals surface area contributed by atoms with E-state index < -0.39 is 29.6 Å². The molecule has 5 rings (SSSR count). The highest BCUT2D eigenvalue weighted by atomic mass is 35.5. The monoisotopic (exact) mass is 589 g/mol. The van der Waals surface area contributed by atoms with Crippen molar-refractivity contribution >= 4 is 23.5 Å². The minimum atomic E-state index is -1.02. The van der Waals surface area contributed by atoms with Crippen molar-refractivity contribution in [1.82, 2.24) is 14.7 Å². The number of carboxylic acid groups (broad SMARTS) is 1. The summed E-state index contributed by atoms with van der Waals surface area (Å²) in [5.74, 6) is -2.61. The molecule has 0 aliphatic carbocycles. The molecule has 2 aromatic rings. The maximum atomic E-state index is 15.1. The van der Waals surface area contributed by atoms with Gasteiger partial charge in [0.25, 0.3) is 0 Å². The normalized spacial score (nSPS) is 25.4. The summed E-state index contributed by atoms with van der Waals surface area (Å²) < 4.78 is 35.2. The number of aliphatic carboxylic acids is 1. The highest BCUT2D eigenvalue weighted by molar-refractivity contribution is 6.30. The van der Waals surface area contributed by atoms with Crippen molar-refractivity contribution in [3.05, 3.63) is 69.7 Å². The maximum Gasteiger partial charge on any atom is 0.321 e. The molecule has 0 bridgehead atoms. The van der Waals surface area contributed by atoms with Crippen molar-refractivity contribution in [3.8, 4) is 0 Å². The average Bonchev–Trinajstić information content (AvgIpc) is 3.38. The zero-order valence-corrected chi connectivity index (χ0v) is 24.3. The summed E-state index contributed by atoms with van der Waals surface area (Å²) >= 11 is 6.04. The van der Waals surface area contributed by atoms with Gasteiger partial charge < -0.3 is 14.7 Å². The van der Waals surface area contributed by atoms with Gasteiger partial charge in [-0.15, -0.1) is 0 Å². The Kier molecular flexibility index (Phi) is 9.28. The van der Waals surface area contributed by atoms with Gasteiger partial charge in [-0.1, -0.05) is 29.8 Å². The largest absolute Gasteiger partial charge is 0.480 e. The third-order valence-corrected chi connectivity index (χ3v) is 9.26. The van der Waals surface area contributed by atoms with Crippen molar-refractivity contribution < 1.29 is 28.2 Å². The van der Waals surface area contributed by atoms with E-state index >= 15 is 4.39 Å². The molecule has 0 radical (unpaired) electrons. The van der Waals surface area contributed by atoms with E-state index in [1.165, 1.54) is 12.1 Å². The molecule has 2 aromatic carbocycles. The fourth-order valence-electron chi connectivity index (χ4n) is 6.76. The molecular weight excluding hydrogens is 552 g/mol. The first kappa shape index (κ1) is 29.9. The van der Waals surface area contributed by atoms with Crippen LogP contribution >= 0.6 is 11.6 Å². The molecule has 222 valence electrons. The first-order valence-electron chi connectivity index (χ1n) is 14.4. The van der Waals surface area contributed by atoms with Gasteiger partial charge in [0.2, 0.25) is 5.91 Å².